The van der Waals surface area contributed by atoms with Gasteiger partial charge in [-0.25, -0.2) is 0 Å². The second-order valence-corrected chi connectivity index (χ2v) is 7.71. The van der Waals surface area contributed by atoms with Crippen LogP contribution in [0.5, 0.6) is 0 Å². The number of hydrogen-bond acceptors (Lipinski definition) is 5. The Morgan fingerprint density at radius 3 is 1.48 bits per heavy atom. The molecule has 0 unspecified atom stereocenters. The molecule has 160 valence electrons. The number of aromatic nitrogens is 4. The average Bonchev–Trinajstić information content (AvgIpc) is 3.37. The van der Waals surface area contributed by atoms with E-state index < -0.39 is 12.7 Å². The summed E-state index contributed by atoms with van der Waals surface area (Å²) in [4.78, 5) is 1.66. The largest absolute Gasteiger partial charge is 0.488 e. The van der Waals surface area contributed by atoms with Crippen molar-refractivity contribution >= 4 is 12.6 Å². The van der Waals surface area contributed by atoms with E-state index in [0.29, 0.717) is 11.3 Å². The van der Waals surface area contributed by atoms with Gasteiger partial charge in [0.25, 0.3) is 0 Å². The van der Waals surface area contributed by atoms with E-state index in [-0.39, 0.29) is 0 Å². The summed E-state index contributed by atoms with van der Waals surface area (Å²) in [6.07, 6.45) is 0. The molecule has 1 heterocycles. The molecule has 5 aromatic rings. The zero-order valence-corrected chi connectivity index (χ0v) is 17.7. The topological polar surface area (TPSA) is 84.1 Å². The lowest BCUT2D eigenvalue weighted by molar-refractivity contribution is 0.396. The molecule has 33 heavy (non-hydrogen) atoms. The zero-order valence-electron chi connectivity index (χ0n) is 17.7. The van der Waals surface area contributed by atoms with Crippen LogP contribution in [0.25, 0.3) is 11.4 Å². The Labute approximate surface area is 191 Å². The molecule has 0 spiro atoms. The minimum atomic E-state index is -1.52. The number of rotatable bonds is 6. The van der Waals surface area contributed by atoms with Crippen LogP contribution in [0.2, 0.25) is 0 Å². The summed E-state index contributed by atoms with van der Waals surface area (Å²) in [5.41, 5.74) is 3.31. The Bertz CT molecular complexity index is 1230. The van der Waals surface area contributed by atoms with Crippen molar-refractivity contribution in [2.75, 3.05) is 0 Å². The highest BCUT2D eigenvalue weighted by Crippen LogP contribution is 2.39. The Balaban J connectivity index is 1.74. The Kier molecular flexibility index (Phi) is 5.56. The van der Waals surface area contributed by atoms with Crippen LogP contribution in [0.15, 0.2) is 115 Å². The molecule has 0 amide bonds. The van der Waals surface area contributed by atoms with Gasteiger partial charge < -0.3 is 10.0 Å². The predicted molar refractivity (Wildman–Crippen MR) is 128 cm³/mol. The first kappa shape index (κ1) is 20.8. The third kappa shape index (κ3) is 3.73. The van der Waals surface area contributed by atoms with Crippen molar-refractivity contribution in [3.63, 3.8) is 0 Å². The van der Waals surface area contributed by atoms with E-state index in [1.165, 1.54) is 0 Å². The molecule has 1 aromatic heterocycles. The van der Waals surface area contributed by atoms with Gasteiger partial charge in [-0.3, -0.25) is 0 Å². The molecule has 0 saturated carbocycles. The van der Waals surface area contributed by atoms with Gasteiger partial charge in [0.2, 0.25) is 5.82 Å². The SMILES string of the molecule is OB(O)c1ccc(-c2nnn(C(c3ccccc3)(c3ccccc3)c3ccccc3)n2)cc1. The highest BCUT2D eigenvalue weighted by Gasteiger charge is 2.41. The number of benzene rings is 4. The number of hydrogen-bond donors (Lipinski definition) is 2. The first-order chi connectivity index (χ1) is 16.2. The summed E-state index contributed by atoms with van der Waals surface area (Å²) >= 11 is 0. The minimum Gasteiger partial charge on any atom is -0.423 e. The molecule has 0 fully saturated rings. The van der Waals surface area contributed by atoms with Gasteiger partial charge in [0.05, 0.1) is 0 Å². The molecule has 7 heteroatoms. The van der Waals surface area contributed by atoms with Crippen LogP contribution in [-0.4, -0.2) is 37.4 Å². The van der Waals surface area contributed by atoms with E-state index >= 15 is 0 Å². The fourth-order valence-corrected chi connectivity index (χ4v) is 4.16. The normalized spacial score (nSPS) is 11.3. The van der Waals surface area contributed by atoms with Crippen molar-refractivity contribution in [2.45, 2.75) is 5.54 Å². The van der Waals surface area contributed by atoms with Gasteiger partial charge in [0.1, 0.15) is 0 Å². The van der Waals surface area contributed by atoms with Crippen LogP contribution in [-0.2, 0) is 5.54 Å². The summed E-state index contributed by atoms with van der Waals surface area (Å²) in [7, 11) is -1.52. The Morgan fingerprint density at radius 1 is 0.606 bits per heavy atom. The van der Waals surface area contributed by atoms with Crippen molar-refractivity contribution in [2.24, 2.45) is 0 Å². The molecule has 5 rings (SSSR count). The maximum atomic E-state index is 9.38. The third-order valence-electron chi connectivity index (χ3n) is 5.76. The average molecular weight is 432 g/mol. The van der Waals surface area contributed by atoms with Crippen LogP contribution in [0, 0.1) is 0 Å². The van der Waals surface area contributed by atoms with E-state index in [1.807, 2.05) is 54.6 Å². The lowest BCUT2D eigenvalue weighted by Crippen LogP contribution is -2.39. The molecule has 0 bridgehead atoms. The maximum Gasteiger partial charge on any atom is 0.488 e. The molecule has 0 aliphatic rings. The summed E-state index contributed by atoms with van der Waals surface area (Å²) < 4.78 is 0. The van der Waals surface area contributed by atoms with Gasteiger partial charge in [-0.1, -0.05) is 115 Å². The number of nitrogens with zero attached hydrogens (tertiary/aromatic N) is 4. The van der Waals surface area contributed by atoms with Gasteiger partial charge >= 0.3 is 7.12 Å². The van der Waals surface area contributed by atoms with Crippen LogP contribution >= 0.6 is 0 Å². The van der Waals surface area contributed by atoms with Crippen LogP contribution < -0.4 is 5.46 Å². The summed E-state index contributed by atoms with van der Waals surface area (Å²) in [6.45, 7) is 0. The molecule has 0 aliphatic heterocycles. The van der Waals surface area contributed by atoms with Crippen LogP contribution in [0.1, 0.15) is 16.7 Å². The van der Waals surface area contributed by atoms with Gasteiger partial charge in [-0.05, 0) is 27.4 Å². The molecular formula is C26H21BN4O2. The quantitative estimate of drug-likeness (QED) is 0.319. The minimum absolute atomic E-state index is 0.401. The van der Waals surface area contributed by atoms with Crippen molar-refractivity contribution < 1.29 is 10.0 Å². The lowest BCUT2D eigenvalue weighted by atomic mass is 9.77. The van der Waals surface area contributed by atoms with Crippen molar-refractivity contribution in [3.8, 4) is 11.4 Å². The van der Waals surface area contributed by atoms with E-state index in [2.05, 4.69) is 46.7 Å². The van der Waals surface area contributed by atoms with Crippen molar-refractivity contribution in [1.29, 1.82) is 0 Å². The summed E-state index contributed by atoms with van der Waals surface area (Å²) in [5.74, 6) is 0.446. The fourth-order valence-electron chi connectivity index (χ4n) is 4.16. The highest BCUT2D eigenvalue weighted by molar-refractivity contribution is 6.58. The van der Waals surface area contributed by atoms with Crippen molar-refractivity contribution in [3.05, 3.63) is 132 Å². The van der Waals surface area contributed by atoms with E-state index in [0.717, 1.165) is 22.3 Å². The first-order valence-corrected chi connectivity index (χ1v) is 10.6. The standard InChI is InChI=1S/C26H21BN4O2/c32-27(33)24-18-16-20(17-19-24)25-28-30-31(29-25)26(21-10-4-1-5-11-21,22-12-6-2-7-13-22)23-14-8-3-9-15-23/h1-19,32-33H. The van der Waals surface area contributed by atoms with Crippen molar-refractivity contribution in [1.82, 2.24) is 20.2 Å². The first-order valence-electron chi connectivity index (χ1n) is 10.6. The van der Waals surface area contributed by atoms with E-state index in [9.17, 15) is 10.0 Å². The van der Waals surface area contributed by atoms with E-state index in [4.69, 9.17) is 5.10 Å². The zero-order chi connectivity index (χ0) is 22.7. The van der Waals surface area contributed by atoms with Gasteiger partial charge in [0.15, 0.2) is 5.54 Å². The molecule has 0 aliphatic carbocycles. The lowest BCUT2D eigenvalue weighted by Gasteiger charge is -2.34. The second-order valence-electron chi connectivity index (χ2n) is 7.71. The molecule has 0 atom stereocenters. The van der Waals surface area contributed by atoms with Gasteiger partial charge in [-0.15, -0.1) is 15.0 Å². The van der Waals surface area contributed by atoms with Gasteiger partial charge in [-0.2, -0.15) is 0 Å². The monoisotopic (exact) mass is 432 g/mol. The molecule has 6 nitrogen and oxygen atoms in total. The van der Waals surface area contributed by atoms with Crippen LogP contribution in [0.4, 0.5) is 0 Å². The molecule has 0 radical (unpaired) electrons. The summed E-state index contributed by atoms with van der Waals surface area (Å²) in [6, 6.07) is 37.2. The highest BCUT2D eigenvalue weighted by atomic mass is 16.4. The fraction of sp³-hybridized carbons (Fsp3) is 0.0385. The van der Waals surface area contributed by atoms with E-state index in [1.54, 1.807) is 29.1 Å². The second kappa shape index (κ2) is 8.82. The predicted octanol–water partition coefficient (Wildman–Crippen LogP) is 2.86. The van der Waals surface area contributed by atoms with Crippen LogP contribution in [0.3, 0.4) is 0 Å². The Hall–Kier alpha value is -4.07. The third-order valence-corrected chi connectivity index (χ3v) is 5.76. The van der Waals surface area contributed by atoms with Gasteiger partial charge in [0, 0.05) is 5.56 Å². The molecule has 0 saturated heterocycles. The Morgan fingerprint density at radius 2 is 1.06 bits per heavy atom. The molecule has 2 N–H and O–H groups in total. The molecular weight excluding hydrogens is 411 g/mol. The summed E-state index contributed by atoms with van der Waals surface area (Å²) in [5, 5.41) is 32.5. The maximum absolute atomic E-state index is 9.38. The number of tetrazole rings is 1. The molecule has 4 aromatic carbocycles. The smallest absolute Gasteiger partial charge is 0.423 e.